The molecule has 0 radical (unpaired) electrons. The van der Waals surface area contributed by atoms with Gasteiger partial charge in [-0.05, 0) is 41.0 Å². The molecule has 0 unspecified atom stereocenters. The summed E-state index contributed by atoms with van der Waals surface area (Å²) in [5.74, 6) is -1.19. The van der Waals surface area contributed by atoms with E-state index in [0.29, 0.717) is 16.7 Å². The minimum atomic E-state index is -1.23. The Bertz CT molecular complexity index is 1260. The Morgan fingerprint density at radius 3 is 2.52 bits per heavy atom. The Hall–Kier alpha value is -4.10. The number of carbonyl (C=O) groups is 2. The van der Waals surface area contributed by atoms with E-state index in [1.807, 2.05) is 54.6 Å². The standard InChI is InChI=1S/C26H23NO6/c1-31-20-11-12-23-19(13-20)14-24(33-23)25(28)27-22(26(29)30)16-32-15-18-9-5-6-10-21(18)17-7-3-2-4-8-17/h2-14,22H,15-16H2,1H3,(H,27,28)(H,29,30)/t22-/m0/s1. The third kappa shape index (κ3) is 5.22. The van der Waals surface area contributed by atoms with Crippen LogP contribution in [0.3, 0.4) is 0 Å². The van der Waals surface area contributed by atoms with Gasteiger partial charge in [0.1, 0.15) is 11.3 Å². The summed E-state index contributed by atoms with van der Waals surface area (Å²) in [7, 11) is 1.55. The second-order valence-electron chi connectivity index (χ2n) is 7.42. The number of hydrogen-bond acceptors (Lipinski definition) is 5. The normalized spacial score (nSPS) is 11.8. The molecule has 0 aliphatic rings. The number of rotatable bonds is 9. The largest absolute Gasteiger partial charge is 0.497 e. The summed E-state index contributed by atoms with van der Waals surface area (Å²) in [5, 5.41) is 12.7. The van der Waals surface area contributed by atoms with E-state index in [4.69, 9.17) is 13.9 Å². The smallest absolute Gasteiger partial charge is 0.328 e. The molecule has 0 bridgehead atoms. The first-order valence-corrected chi connectivity index (χ1v) is 10.4. The van der Waals surface area contributed by atoms with Crippen LogP contribution in [-0.4, -0.2) is 36.7 Å². The van der Waals surface area contributed by atoms with Crippen molar-refractivity contribution in [1.82, 2.24) is 5.32 Å². The number of carboxylic acid groups (broad SMARTS) is 1. The van der Waals surface area contributed by atoms with Crippen LogP contribution in [0.15, 0.2) is 83.3 Å². The number of aliphatic carboxylic acids is 1. The molecule has 4 rings (SSSR count). The molecule has 168 valence electrons. The molecule has 4 aromatic rings. The molecular weight excluding hydrogens is 422 g/mol. The summed E-state index contributed by atoms with van der Waals surface area (Å²) in [6.07, 6.45) is 0. The van der Waals surface area contributed by atoms with Crippen molar-refractivity contribution >= 4 is 22.8 Å². The quantitative estimate of drug-likeness (QED) is 0.393. The number of furan rings is 1. The molecule has 0 aliphatic carbocycles. The summed E-state index contributed by atoms with van der Waals surface area (Å²) in [6.45, 7) is 0.00734. The summed E-state index contributed by atoms with van der Waals surface area (Å²) >= 11 is 0. The van der Waals surface area contributed by atoms with E-state index in [9.17, 15) is 14.7 Å². The summed E-state index contributed by atoms with van der Waals surface area (Å²) in [4.78, 5) is 24.3. The lowest BCUT2D eigenvalue weighted by Gasteiger charge is -2.15. The molecule has 1 atom stereocenters. The predicted molar refractivity (Wildman–Crippen MR) is 123 cm³/mol. The van der Waals surface area contributed by atoms with Crippen molar-refractivity contribution in [3.8, 4) is 16.9 Å². The Kier molecular flexibility index (Phi) is 6.71. The monoisotopic (exact) mass is 445 g/mol. The zero-order valence-corrected chi connectivity index (χ0v) is 18.0. The van der Waals surface area contributed by atoms with Crippen molar-refractivity contribution in [1.29, 1.82) is 0 Å². The van der Waals surface area contributed by atoms with Crippen LogP contribution >= 0.6 is 0 Å². The van der Waals surface area contributed by atoms with Crippen molar-refractivity contribution in [3.05, 3.63) is 90.2 Å². The van der Waals surface area contributed by atoms with Crippen LogP contribution in [-0.2, 0) is 16.1 Å². The zero-order valence-electron chi connectivity index (χ0n) is 18.0. The SMILES string of the molecule is COc1ccc2oc(C(=O)N[C@@H](COCc3ccccc3-c3ccccc3)C(=O)O)cc2c1. The number of carboxylic acids is 1. The van der Waals surface area contributed by atoms with Gasteiger partial charge in [-0.15, -0.1) is 0 Å². The van der Waals surface area contributed by atoms with Crippen molar-refractivity contribution in [3.63, 3.8) is 0 Å². The van der Waals surface area contributed by atoms with Gasteiger partial charge in [0.25, 0.3) is 5.91 Å². The van der Waals surface area contributed by atoms with Gasteiger partial charge in [-0.3, -0.25) is 4.79 Å². The number of fused-ring (bicyclic) bond motifs is 1. The number of hydrogen-bond donors (Lipinski definition) is 2. The molecule has 0 fully saturated rings. The van der Waals surface area contributed by atoms with Gasteiger partial charge in [-0.1, -0.05) is 54.6 Å². The predicted octanol–water partition coefficient (Wildman–Crippen LogP) is 4.51. The third-order valence-electron chi connectivity index (χ3n) is 5.19. The van der Waals surface area contributed by atoms with E-state index in [1.165, 1.54) is 0 Å². The van der Waals surface area contributed by atoms with Crippen molar-refractivity contribution in [2.75, 3.05) is 13.7 Å². The van der Waals surface area contributed by atoms with Crippen LogP contribution in [0.2, 0.25) is 0 Å². The van der Waals surface area contributed by atoms with Crippen LogP contribution in [0.25, 0.3) is 22.1 Å². The second-order valence-corrected chi connectivity index (χ2v) is 7.42. The van der Waals surface area contributed by atoms with Crippen molar-refractivity contribution < 1.29 is 28.6 Å². The van der Waals surface area contributed by atoms with Gasteiger partial charge < -0.3 is 24.3 Å². The third-order valence-corrected chi connectivity index (χ3v) is 5.19. The van der Waals surface area contributed by atoms with E-state index < -0.39 is 17.9 Å². The van der Waals surface area contributed by atoms with Gasteiger partial charge in [0.15, 0.2) is 11.8 Å². The molecule has 1 aromatic heterocycles. The highest BCUT2D eigenvalue weighted by Gasteiger charge is 2.23. The number of nitrogens with one attached hydrogen (secondary N) is 1. The van der Waals surface area contributed by atoms with E-state index in [2.05, 4.69) is 5.32 Å². The number of amides is 1. The highest BCUT2D eigenvalue weighted by molar-refractivity contribution is 5.98. The van der Waals surface area contributed by atoms with Gasteiger partial charge >= 0.3 is 5.97 Å². The zero-order chi connectivity index (χ0) is 23.2. The highest BCUT2D eigenvalue weighted by Crippen LogP contribution is 2.25. The number of benzene rings is 3. The molecule has 33 heavy (non-hydrogen) atoms. The van der Waals surface area contributed by atoms with Gasteiger partial charge in [0.05, 0.1) is 20.3 Å². The fraction of sp³-hybridized carbons (Fsp3) is 0.154. The number of methoxy groups -OCH3 is 1. The lowest BCUT2D eigenvalue weighted by Crippen LogP contribution is -2.43. The molecular formula is C26H23NO6. The van der Waals surface area contributed by atoms with Gasteiger partial charge in [0.2, 0.25) is 0 Å². The number of ether oxygens (including phenoxy) is 2. The lowest BCUT2D eigenvalue weighted by molar-refractivity contribution is -0.141. The maximum absolute atomic E-state index is 12.6. The Labute approximate surface area is 190 Å². The van der Waals surface area contributed by atoms with Crippen LogP contribution < -0.4 is 10.1 Å². The molecule has 3 aromatic carbocycles. The summed E-state index contributed by atoms with van der Waals surface area (Å²) in [6, 6.07) is 23.1. The van der Waals surface area contributed by atoms with Gasteiger partial charge in [-0.25, -0.2) is 4.79 Å². The fourth-order valence-corrected chi connectivity index (χ4v) is 3.50. The Balaban J connectivity index is 1.41. The Morgan fingerprint density at radius 2 is 1.76 bits per heavy atom. The maximum Gasteiger partial charge on any atom is 0.328 e. The van der Waals surface area contributed by atoms with Crippen molar-refractivity contribution in [2.45, 2.75) is 12.6 Å². The van der Waals surface area contributed by atoms with Crippen LogP contribution in [0, 0.1) is 0 Å². The van der Waals surface area contributed by atoms with E-state index in [1.54, 1.807) is 31.4 Å². The fourth-order valence-electron chi connectivity index (χ4n) is 3.50. The maximum atomic E-state index is 12.6. The molecule has 0 saturated heterocycles. The molecule has 0 saturated carbocycles. The van der Waals surface area contributed by atoms with Crippen LogP contribution in [0.1, 0.15) is 16.1 Å². The molecule has 0 aliphatic heterocycles. The average molecular weight is 445 g/mol. The first-order valence-electron chi connectivity index (χ1n) is 10.4. The molecule has 1 amide bonds. The Morgan fingerprint density at radius 1 is 1.00 bits per heavy atom. The minimum Gasteiger partial charge on any atom is -0.497 e. The average Bonchev–Trinajstić information content (AvgIpc) is 3.27. The first-order chi connectivity index (χ1) is 16.0. The van der Waals surface area contributed by atoms with Crippen LogP contribution in [0.5, 0.6) is 5.75 Å². The molecule has 7 heteroatoms. The molecule has 7 nitrogen and oxygen atoms in total. The first kappa shape index (κ1) is 22.1. The molecule has 2 N–H and O–H groups in total. The second kappa shape index (κ2) is 10.0. The van der Waals surface area contributed by atoms with Crippen molar-refractivity contribution in [2.24, 2.45) is 0 Å². The van der Waals surface area contributed by atoms with E-state index in [0.717, 1.165) is 16.7 Å². The van der Waals surface area contributed by atoms with Crippen LogP contribution in [0.4, 0.5) is 0 Å². The number of carbonyl (C=O) groups excluding carboxylic acids is 1. The highest BCUT2D eigenvalue weighted by atomic mass is 16.5. The minimum absolute atomic E-state index is 0.0129. The van der Waals surface area contributed by atoms with E-state index >= 15 is 0 Å². The summed E-state index contributed by atoms with van der Waals surface area (Å²) < 4.78 is 16.4. The van der Waals surface area contributed by atoms with Gasteiger partial charge in [0, 0.05) is 5.39 Å². The molecule has 1 heterocycles. The summed E-state index contributed by atoms with van der Waals surface area (Å²) in [5.41, 5.74) is 3.47. The molecule has 0 spiro atoms. The van der Waals surface area contributed by atoms with E-state index in [-0.39, 0.29) is 19.0 Å². The topological polar surface area (TPSA) is 98.0 Å². The van der Waals surface area contributed by atoms with Gasteiger partial charge in [-0.2, -0.15) is 0 Å². The lowest BCUT2D eigenvalue weighted by atomic mass is 10.0.